The van der Waals surface area contributed by atoms with Crippen molar-refractivity contribution in [2.75, 3.05) is 59.9 Å². The lowest BCUT2D eigenvalue weighted by Gasteiger charge is -2.42. The summed E-state index contributed by atoms with van der Waals surface area (Å²) >= 11 is 0. The van der Waals surface area contributed by atoms with E-state index in [1.807, 2.05) is 14.1 Å². The third-order valence-corrected chi connectivity index (χ3v) is 6.09. The van der Waals surface area contributed by atoms with Gasteiger partial charge in [0.15, 0.2) is 0 Å². The van der Waals surface area contributed by atoms with E-state index < -0.39 is 0 Å². The minimum Gasteiger partial charge on any atom is -0.490 e. The Morgan fingerprint density at radius 1 is 1.24 bits per heavy atom. The van der Waals surface area contributed by atoms with Crippen molar-refractivity contribution in [1.82, 2.24) is 15.1 Å². The molecular weight excluding hydrogens is 440 g/mol. The zero-order valence-electron chi connectivity index (χ0n) is 20.5. The molecule has 0 aliphatic carbocycles. The molecule has 0 saturated carbocycles. The van der Waals surface area contributed by atoms with Crippen LogP contribution in [0.1, 0.15) is 36.0 Å². The number of carbonyl (C=O) groups is 3. The van der Waals surface area contributed by atoms with E-state index in [1.54, 1.807) is 30.1 Å². The molecule has 3 amide bonds. The minimum absolute atomic E-state index is 0.0215. The maximum absolute atomic E-state index is 13.2. The normalized spacial score (nSPS) is 22.2. The fraction of sp³-hybridized carbons (Fsp3) is 0.625. The highest BCUT2D eigenvalue weighted by molar-refractivity contribution is 6.00. The lowest BCUT2D eigenvalue weighted by molar-refractivity contribution is -0.134. The van der Waals surface area contributed by atoms with Crippen molar-refractivity contribution in [1.29, 1.82) is 0 Å². The third-order valence-electron chi connectivity index (χ3n) is 6.09. The van der Waals surface area contributed by atoms with E-state index in [1.165, 1.54) is 7.11 Å². The molecule has 1 aromatic rings. The number of likely N-dealkylation sites (N-methyl/N-ethyl adjacent to an activating group) is 1. The average Bonchev–Trinajstić information content (AvgIpc) is 2.79. The smallest absolute Gasteiger partial charge is 0.257 e. The lowest BCUT2D eigenvalue weighted by atomic mass is 9.94. The predicted molar refractivity (Wildman–Crippen MR) is 127 cm³/mol. The summed E-state index contributed by atoms with van der Waals surface area (Å²) in [5.41, 5.74) is 0.884. The SMILES string of the molecule is COCC(=O)Nc1ccc2c(c1)C(=O)N(C)[C@H]1CC[C@H](CC(=O)NCCCN(C)C)O[C@@H]1CO2. The first-order chi connectivity index (χ1) is 16.3. The highest BCUT2D eigenvalue weighted by Crippen LogP contribution is 2.32. The van der Waals surface area contributed by atoms with Crippen LogP contribution in [-0.2, 0) is 19.1 Å². The molecule has 1 fully saturated rings. The number of hydrogen-bond donors (Lipinski definition) is 2. The van der Waals surface area contributed by atoms with Crippen LogP contribution in [0.15, 0.2) is 18.2 Å². The Morgan fingerprint density at radius 2 is 2.03 bits per heavy atom. The summed E-state index contributed by atoms with van der Waals surface area (Å²) in [4.78, 5) is 41.2. The van der Waals surface area contributed by atoms with E-state index in [-0.39, 0.29) is 49.2 Å². The van der Waals surface area contributed by atoms with Gasteiger partial charge in [-0.05, 0) is 58.1 Å². The summed E-state index contributed by atoms with van der Waals surface area (Å²) in [5.74, 6) is -0.0899. The van der Waals surface area contributed by atoms with E-state index in [2.05, 4.69) is 15.5 Å². The summed E-state index contributed by atoms with van der Waals surface area (Å²) in [6.45, 7) is 1.76. The maximum atomic E-state index is 13.2. The van der Waals surface area contributed by atoms with E-state index >= 15 is 0 Å². The van der Waals surface area contributed by atoms with Crippen LogP contribution in [0, 0.1) is 0 Å². The van der Waals surface area contributed by atoms with Crippen LogP contribution in [-0.4, -0.2) is 100 Å². The molecule has 1 saturated heterocycles. The van der Waals surface area contributed by atoms with Gasteiger partial charge in [0.05, 0.1) is 24.1 Å². The summed E-state index contributed by atoms with van der Waals surface area (Å²) in [7, 11) is 7.21. The molecule has 10 nitrogen and oxygen atoms in total. The van der Waals surface area contributed by atoms with Gasteiger partial charge < -0.3 is 34.6 Å². The molecule has 2 aliphatic heterocycles. The number of ether oxygens (including phenoxy) is 3. The van der Waals surface area contributed by atoms with E-state index in [0.717, 1.165) is 13.0 Å². The lowest BCUT2D eigenvalue weighted by Crippen LogP contribution is -2.54. The van der Waals surface area contributed by atoms with Crippen LogP contribution in [0.25, 0.3) is 0 Å². The van der Waals surface area contributed by atoms with Gasteiger partial charge in [0, 0.05) is 26.4 Å². The topological polar surface area (TPSA) is 109 Å². The molecule has 1 aromatic carbocycles. The highest BCUT2D eigenvalue weighted by Gasteiger charge is 2.39. The Labute approximate surface area is 200 Å². The van der Waals surface area contributed by atoms with Crippen molar-refractivity contribution in [2.45, 2.75) is 43.9 Å². The quantitative estimate of drug-likeness (QED) is 0.514. The number of rotatable bonds is 9. The van der Waals surface area contributed by atoms with Crippen LogP contribution in [0.2, 0.25) is 0 Å². The minimum atomic E-state index is -0.330. The number of hydrogen-bond acceptors (Lipinski definition) is 7. The number of anilines is 1. The van der Waals surface area contributed by atoms with Crippen LogP contribution < -0.4 is 15.4 Å². The molecular formula is C24H36N4O6. The summed E-state index contributed by atoms with van der Waals surface area (Å²) < 4.78 is 17.0. The second kappa shape index (κ2) is 12.1. The van der Waals surface area contributed by atoms with Crippen molar-refractivity contribution in [3.63, 3.8) is 0 Å². The third kappa shape index (κ3) is 6.91. The molecule has 0 spiro atoms. The van der Waals surface area contributed by atoms with Crippen molar-refractivity contribution in [3.05, 3.63) is 23.8 Å². The zero-order chi connectivity index (χ0) is 24.7. The van der Waals surface area contributed by atoms with Crippen molar-refractivity contribution in [2.24, 2.45) is 0 Å². The molecule has 188 valence electrons. The molecule has 0 unspecified atom stereocenters. The van der Waals surface area contributed by atoms with E-state index in [4.69, 9.17) is 14.2 Å². The van der Waals surface area contributed by atoms with Gasteiger partial charge in [-0.15, -0.1) is 0 Å². The highest BCUT2D eigenvalue weighted by atomic mass is 16.5. The zero-order valence-corrected chi connectivity index (χ0v) is 20.5. The second-order valence-electron chi connectivity index (χ2n) is 9.07. The fourth-order valence-electron chi connectivity index (χ4n) is 4.34. The van der Waals surface area contributed by atoms with Gasteiger partial charge in [-0.3, -0.25) is 14.4 Å². The van der Waals surface area contributed by atoms with Gasteiger partial charge >= 0.3 is 0 Å². The first-order valence-electron chi connectivity index (χ1n) is 11.7. The van der Waals surface area contributed by atoms with Crippen molar-refractivity contribution in [3.8, 4) is 5.75 Å². The molecule has 2 aliphatic rings. The first kappa shape index (κ1) is 25.9. The van der Waals surface area contributed by atoms with Gasteiger partial charge in [-0.1, -0.05) is 0 Å². The number of fused-ring (bicyclic) bond motifs is 2. The molecule has 3 atom stereocenters. The van der Waals surface area contributed by atoms with Gasteiger partial charge in [0.2, 0.25) is 11.8 Å². The summed E-state index contributed by atoms with van der Waals surface area (Å²) in [6, 6.07) is 4.82. The molecule has 3 rings (SSSR count). The van der Waals surface area contributed by atoms with Gasteiger partial charge in [-0.2, -0.15) is 0 Å². The van der Waals surface area contributed by atoms with Crippen LogP contribution in [0.3, 0.4) is 0 Å². The van der Waals surface area contributed by atoms with Crippen LogP contribution in [0.4, 0.5) is 5.69 Å². The largest absolute Gasteiger partial charge is 0.490 e. The molecule has 0 bridgehead atoms. The Balaban J connectivity index is 1.61. The van der Waals surface area contributed by atoms with E-state index in [0.29, 0.717) is 42.8 Å². The van der Waals surface area contributed by atoms with Gasteiger partial charge in [-0.25, -0.2) is 0 Å². The number of nitrogens with one attached hydrogen (secondary N) is 2. The monoisotopic (exact) mass is 476 g/mol. The molecule has 34 heavy (non-hydrogen) atoms. The number of nitrogens with zero attached hydrogens (tertiary/aromatic N) is 2. The van der Waals surface area contributed by atoms with Crippen molar-refractivity contribution >= 4 is 23.4 Å². The Morgan fingerprint density at radius 3 is 2.76 bits per heavy atom. The van der Waals surface area contributed by atoms with Crippen molar-refractivity contribution < 1.29 is 28.6 Å². The summed E-state index contributed by atoms with van der Waals surface area (Å²) in [5, 5.41) is 5.67. The Kier molecular flexibility index (Phi) is 9.26. The second-order valence-corrected chi connectivity index (χ2v) is 9.07. The number of amides is 3. The van der Waals surface area contributed by atoms with Gasteiger partial charge in [0.25, 0.3) is 5.91 Å². The standard InChI is InChI=1S/C24H36N4O6/c1-27(2)11-5-10-25-22(29)13-17-7-8-19-21(34-17)14-33-20-9-6-16(26-23(30)15-32-4)12-18(20)24(31)28(19)3/h6,9,12,17,19,21H,5,7-8,10-11,13-15H2,1-4H3,(H,25,29)(H,26,30)/t17-,19+,21-/m1/s1. The Hall–Kier alpha value is -2.69. The first-order valence-corrected chi connectivity index (χ1v) is 11.7. The molecule has 2 heterocycles. The molecule has 10 heteroatoms. The number of methoxy groups -OCH3 is 1. The molecule has 0 aromatic heterocycles. The van der Waals surface area contributed by atoms with E-state index in [9.17, 15) is 14.4 Å². The molecule has 2 N–H and O–H groups in total. The maximum Gasteiger partial charge on any atom is 0.257 e. The van der Waals surface area contributed by atoms with Crippen LogP contribution >= 0.6 is 0 Å². The summed E-state index contributed by atoms with van der Waals surface area (Å²) in [6.07, 6.45) is 2.05. The fourth-order valence-corrected chi connectivity index (χ4v) is 4.34. The number of carbonyl (C=O) groups excluding carboxylic acids is 3. The van der Waals surface area contributed by atoms with Crippen LogP contribution in [0.5, 0.6) is 5.75 Å². The van der Waals surface area contributed by atoms with Gasteiger partial charge in [0.1, 0.15) is 25.1 Å². The predicted octanol–water partition coefficient (Wildman–Crippen LogP) is 1.11. The Bertz CT molecular complexity index is 877. The average molecular weight is 477 g/mol. The number of benzene rings is 1. The molecule has 0 radical (unpaired) electrons.